The first kappa shape index (κ1) is 12.0. The van der Waals surface area contributed by atoms with E-state index in [1.165, 1.54) is 25.7 Å². The fourth-order valence-corrected chi connectivity index (χ4v) is 1.58. The van der Waals surface area contributed by atoms with E-state index >= 15 is 0 Å². The van der Waals surface area contributed by atoms with E-state index in [1.807, 2.05) is 0 Å². The van der Waals surface area contributed by atoms with Gasteiger partial charge in [0.05, 0.1) is 0 Å². The summed E-state index contributed by atoms with van der Waals surface area (Å²) in [4.78, 5) is 0. The molecule has 0 aliphatic heterocycles. The highest BCUT2D eigenvalue weighted by molar-refractivity contribution is 4.69. The molecule has 0 aromatic rings. The SMILES string of the molecule is [CH2]CC(C)CCC(C)(C)CCC. The van der Waals surface area contributed by atoms with Crippen LogP contribution in [0.3, 0.4) is 0 Å². The third kappa shape index (κ3) is 5.62. The fourth-order valence-electron chi connectivity index (χ4n) is 1.58. The maximum Gasteiger partial charge on any atom is -0.0354 e. The van der Waals surface area contributed by atoms with Gasteiger partial charge in [0.2, 0.25) is 0 Å². The van der Waals surface area contributed by atoms with Crippen LogP contribution in [0, 0.1) is 18.3 Å². The predicted octanol–water partition coefficient (Wildman–Crippen LogP) is 4.45. The molecule has 73 valence electrons. The molecule has 0 saturated heterocycles. The smallest absolute Gasteiger partial charge is 0.0354 e. The minimum atomic E-state index is 0.554. The quantitative estimate of drug-likeness (QED) is 0.551. The van der Waals surface area contributed by atoms with Gasteiger partial charge in [-0.1, -0.05) is 53.9 Å². The minimum Gasteiger partial charge on any atom is -0.0654 e. The van der Waals surface area contributed by atoms with Crippen molar-refractivity contribution in [2.75, 3.05) is 0 Å². The van der Waals surface area contributed by atoms with Crippen LogP contribution in [0.4, 0.5) is 0 Å². The second-order valence-corrected chi connectivity index (χ2v) is 4.85. The van der Waals surface area contributed by atoms with E-state index in [0.717, 1.165) is 12.3 Å². The van der Waals surface area contributed by atoms with Gasteiger partial charge in [0.25, 0.3) is 0 Å². The normalized spacial score (nSPS) is 14.8. The van der Waals surface area contributed by atoms with E-state index in [9.17, 15) is 0 Å². The number of hydrogen-bond acceptors (Lipinski definition) is 0. The van der Waals surface area contributed by atoms with Gasteiger partial charge in [-0.05, 0) is 24.2 Å². The Kier molecular flexibility index (Phi) is 5.61. The summed E-state index contributed by atoms with van der Waals surface area (Å²) in [7, 11) is 0. The second kappa shape index (κ2) is 5.61. The van der Waals surface area contributed by atoms with Crippen LogP contribution in [0.5, 0.6) is 0 Å². The summed E-state index contributed by atoms with van der Waals surface area (Å²) in [6.07, 6.45) is 6.46. The summed E-state index contributed by atoms with van der Waals surface area (Å²) in [6.45, 7) is 13.3. The zero-order valence-electron chi connectivity index (χ0n) is 9.32. The van der Waals surface area contributed by atoms with Crippen molar-refractivity contribution in [3.8, 4) is 0 Å². The molecule has 0 amide bonds. The molecule has 0 fully saturated rings. The highest BCUT2D eigenvalue weighted by atomic mass is 14.2. The maximum atomic E-state index is 3.93. The minimum absolute atomic E-state index is 0.554. The molecule has 0 heterocycles. The van der Waals surface area contributed by atoms with E-state index < -0.39 is 0 Å². The van der Waals surface area contributed by atoms with Crippen molar-refractivity contribution in [3.05, 3.63) is 6.92 Å². The highest BCUT2D eigenvalue weighted by Crippen LogP contribution is 2.30. The third-order valence-corrected chi connectivity index (χ3v) is 2.73. The van der Waals surface area contributed by atoms with E-state index in [4.69, 9.17) is 0 Å². The molecule has 0 aromatic heterocycles. The summed E-state index contributed by atoms with van der Waals surface area (Å²) in [5, 5.41) is 0. The van der Waals surface area contributed by atoms with Crippen molar-refractivity contribution in [2.45, 2.75) is 59.8 Å². The molecule has 1 atom stereocenters. The molecule has 0 rings (SSSR count). The Morgan fingerprint density at radius 2 is 1.83 bits per heavy atom. The fraction of sp³-hybridized carbons (Fsp3) is 0.917. The summed E-state index contributed by atoms with van der Waals surface area (Å²) < 4.78 is 0. The summed E-state index contributed by atoms with van der Waals surface area (Å²) in [5.74, 6) is 0.807. The van der Waals surface area contributed by atoms with Gasteiger partial charge in [-0.25, -0.2) is 0 Å². The maximum absolute atomic E-state index is 3.93. The van der Waals surface area contributed by atoms with Gasteiger partial charge in [0.15, 0.2) is 0 Å². The average Bonchev–Trinajstić information content (AvgIpc) is 2.00. The molecule has 0 spiro atoms. The van der Waals surface area contributed by atoms with Crippen molar-refractivity contribution < 1.29 is 0 Å². The van der Waals surface area contributed by atoms with Crippen LogP contribution in [0.1, 0.15) is 59.8 Å². The molecule has 0 aromatic carbocycles. The van der Waals surface area contributed by atoms with Gasteiger partial charge in [-0.2, -0.15) is 0 Å². The zero-order valence-corrected chi connectivity index (χ0v) is 9.32. The van der Waals surface area contributed by atoms with E-state index in [-0.39, 0.29) is 0 Å². The Morgan fingerprint density at radius 1 is 1.25 bits per heavy atom. The largest absolute Gasteiger partial charge is 0.0654 e. The van der Waals surface area contributed by atoms with Gasteiger partial charge >= 0.3 is 0 Å². The van der Waals surface area contributed by atoms with Crippen molar-refractivity contribution in [1.29, 1.82) is 0 Å². The van der Waals surface area contributed by atoms with Crippen LogP contribution >= 0.6 is 0 Å². The Bertz CT molecular complexity index is 103. The molecule has 0 N–H and O–H groups in total. The molecular formula is C12H25. The van der Waals surface area contributed by atoms with Crippen LogP contribution in [0.2, 0.25) is 0 Å². The number of hydrogen-bond donors (Lipinski definition) is 0. The first-order valence-corrected chi connectivity index (χ1v) is 5.31. The second-order valence-electron chi connectivity index (χ2n) is 4.85. The summed E-state index contributed by atoms with van der Waals surface area (Å²) in [5.41, 5.74) is 0.554. The molecule has 0 bridgehead atoms. The first-order valence-electron chi connectivity index (χ1n) is 5.31. The van der Waals surface area contributed by atoms with Gasteiger partial charge in [-0.15, -0.1) is 0 Å². The molecule has 0 saturated carbocycles. The van der Waals surface area contributed by atoms with Crippen LogP contribution in [0.25, 0.3) is 0 Å². The molecule has 1 unspecified atom stereocenters. The lowest BCUT2D eigenvalue weighted by molar-refractivity contribution is 0.275. The van der Waals surface area contributed by atoms with Crippen molar-refractivity contribution >= 4 is 0 Å². The molecular weight excluding hydrogens is 144 g/mol. The topological polar surface area (TPSA) is 0 Å². The van der Waals surface area contributed by atoms with E-state index in [0.29, 0.717) is 5.41 Å². The molecule has 0 nitrogen and oxygen atoms in total. The number of rotatable bonds is 6. The standard InChI is InChI=1S/C12H25/c1-6-9-12(4,5)10-8-11(3)7-2/h11H,2,6-10H2,1,3-5H3. The molecule has 0 aliphatic rings. The predicted molar refractivity (Wildman–Crippen MR) is 57.1 cm³/mol. The average molecular weight is 169 g/mol. The molecule has 0 heteroatoms. The van der Waals surface area contributed by atoms with Crippen LogP contribution in [0.15, 0.2) is 0 Å². The van der Waals surface area contributed by atoms with Crippen molar-refractivity contribution in [3.63, 3.8) is 0 Å². The lowest BCUT2D eigenvalue weighted by atomic mass is 9.81. The lowest BCUT2D eigenvalue weighted by Crippen LogP contribution is -2.12. The summed E-state index contributed by atoms with van der Waals surface area (Å²) in [6, 6.07) is 0. The third-order valence-electron chi connectivity index (χ3n) is 2.73. The zero-order chi connectivity index (χ0) is 9.61. The van der Waals surface area contributed by atoms with Crippen LogP contribution in [-0.2, 0) is 0 Å². The van der Waals surface area contributed by atoms with Crippen LogP contribution in [-0.4, -0.2) is 0 Å². The van der Waals surface area contributed by atoms with Gasteiger partial charge in [0, 0.05) is 0 Å². The molecule has 0 aliphatic carbocycles. The monoisotopic (exact) mass is 169 g/mol. The Morgan fingerprint density at radius 3 is 2.25 bits per heavy atom. The van der Waals surface area contributed by atoms with Gasteiger partial charge < -0.3 is 0 Å². The molecule has 12 heavy (non-hydrogen) atoms. The Labute approximate surface area is 78.8 Å². The lowest BCUT2D eigenvalue weighted by Gasteiger charge is -2.25. The van der Waals surface area contributed by atoms with Gasteiger partial charge in [0.1, 0.15) is 0 Å². The highest BCUT2D eigenvalue weighted by Gasteiger charge is 2.16. The van der Waals surface area contributed by atoms with Crippen molar-refractivity contribution in [2.24, 2.45) is 11.3 Å². The first-order chi connectivity index (χ1) is 5.52. The Hall–Kier alpha value is 0. The summed E-state index contributed by atoms with van der Waals surface area (Å²) >= 11 is 0. The van der Waals surface area contributed by atoms with Crippen molar-refractivity contribution in [1.82, 2.24) is 0 Å². The van der Waals surface area contributed by atoms with E-state index in [2.05, 4.69) is 34.6 Å². The van der Waals surface area contributed by atoms with E-state index in [1.54, 1.807) is 0 Å². The molecule has 1 radical (unpaired) electrons. The Balaban J connectivity index is 3.59. The van der Waals surface area contributed by atoms with Crippen LogP contribution < -0.4 is 0 Å². The van der Waals surface area contributed by atoms with Gasteiger partial charge in [-0.3, -0.25) is 0 Å².